The second kappa shape index (κ2) is 6.33. The lowest BCUT2D eigenvalue weighted by atomic mass is 10.1. The fraction of sp³-hybridized carbons (Fsp3) is 0.294. The minimum Gasteiger partial charge on any atom is -0.486 e. The molecule has 0 fully saturated rings. The molecule has 24 heavy (non-hydrogen) atoms. The van der Waals surface area contributed by atoms with E-state index >= 15 is 0 Å². The van der Waals surface area contributed by atoms with E-state index in [0.29, 0.717) is 30.3 Å². The molecule has 6 nitrogen and oxygen atoms in total. The number of hydrogen-bond donors (Lipinski definition) is 2. The summed E-state index contributed by atoms with van der Waals surface area (Å²) >= 11 is 0. The number of aryl methyl sites for hydroxylation is 1. The number of fused-ring (bicyclic) bond motifs is 1. The van der Waals surface area contributed by atoms with Gasteiger partial charge in [0.05, 0.1) is 16.7 Å². The number of benzene rings is 2. The van der Waals surface area contributed by atoms with Gasteiger partial charge in [0.1, 0.15) is 13.2 Å². The molecule has 0 radical (unpaired) electrons. The van der Waals surface area contributed by atoms with Gasteiger partial charge in [0.2, 0.25) is 0 Å². The van der Waals surface area contributed by atoms with Gasteiger partial charge in [-0.05, 0) is 32.0 Å². The van der Waals surface area contributed by atoms with Crippen molar-refractivity contribution in [3.8, 4) is 11.5 Å². The van der Waals surface area contributed by atoms with Gasteiger partial charge in [0.25, 0.3) is 10.0 Å². The summed E-state index contributed by atoms with van der Waals surface area (Å²) in [4.78, 5) is 0.152. The number of aliphatic hydroxyl groups excluding tert-OH is 1. The van der Waals surface area contributed by atoms with Gasteiger partial charge >= 0.3 is 0 Å². The molecule has 0 aromatic heterocycles. The van der Waals surface area contributed by atoms with Crippen molar-refractivity contribution in [1.29, 1.82) is 0 Å². The largest absolute Gasteiger partial charge is 0.486 e. The maximum atomic E-state index is 12.6. The van der Waals surface area contributed by atoms with Crippen molar-refractivity contribution in [2.45, 2.75) is 24.8 Å². The number of rotatable bonds is 4. The van der Waals surface area contributed by atoms with E-state index in [2.05, 4.69) is 4.72 Å². The van der Waals surface area contributed by atoms with Gasteiger partial charge in [-0.25, -0.2) is 8.42 Å². The SMILES string of the molecule is Cc1ccc(S(=O)(=O)Nc2cc3c(cc2C(C)O)OCCO3)cc1. The summed E-state index contributed by atoms with van der Waals surface area (Å²) in [5.41, 5.74) is 1.67. The normalized spacial score (nSPS) is 15.0. The highest BCUT2D eigenvalue weighted by atomic mass is 32.2. The number of ether oxygens (including phenoxy) is 2. The third-order valence-electron chi connectivity index (χ3n) is 3.74. The van der Waals surface area contributed by atoms with E-state index in [0.717, 1.165) is 5.56 Å². The summed E-state index contributed by atoms with van der Waals surface area (Å²) < 4.78 is 38.7. The van der Waals surface area contributed by atoms with Gasteiger partial charge in [0, 0.05) is 11.6 Å². The van der Waals surface area contributed by atoms with E-state index in [9.17, 15) is 13.5 Å². The van der Waals surface area contributed by atoms with E-state index in [1.54, 1.807) is 31.2 Å². The smallest absolute Gasteiger partial charge is 0.261 e. The molecule has 2 aromatic carbocycles. The molecule has 0 saturated heterocycles. The molecule has 0 bridgehead atoms. The molecule has 3 rings (SSSR count). The summed E-state index contributed by atoms with van der Waals surface area (Å²) in [7, 11) is -3.77. The molecule has 1 aliphatic rings. The molecule has 0 spiro atoms. The van der Waals surface area contributed by atoms with Gasteiger partial charge in [-0.15, -0.1) is 0 Å². The van der Waals surface area contributed by atoms with E-state index in [4.69, 9.17) is 9.47 Å². The molecule has 2 N–H and O–H groups in total. The van der Waals surface area contributed by atoms with Crippen molar-refractivity contribution >= 4 is 15.7 Å². The lowest BCUT2D eigenvalue weighted by Crippen LogP contribution is -2.18. The number of sulfonamides is 1. The molecule has 0 aliphatic carbocycles. The second-order valence-electron chi connectivity index (χ2n) is 5.68. The highest BCUT2D eigenvalue weighted by molar-refractivity contribution is 7.92. The molecule has 128 valence electrons. The maximum Gasteiger partial charge on any atom is 0.261 e. The van der Waals surface area contributed by atoms with E-state index < -0.39 is 16.1 Å². The van der Waals surface area contributed by atoms with Crippen molar-refractivity contribution in [3.63, 3.8) is 0 Å². The maximum absolute atomic E-state index is 12.6. The van der Waals surface area contributed by atoms with Crippen LogP contribution in [0.2, 0.25) is 0 Å². The molecule has 1 unspecified atom stereocenters. The average Bonchev–Trinajstić information content (AvgIpc) is 2.54. The first kappa shape index (κ1) is 16.6. The van der Waals surface area contributed by atoms with Crippen LogP contribution in [0.1, 0.15) is 24.2 Å². The van der Waals surface area contributed by atoms with Crippen LogP contribution in [0, 0.1) is 6.92 Å². The Morgan fingerprint density at radius 3 is 2.25 bits per heavy atom. The summed E-state index contributed by atoms with van der Waals surface area (Å²) in [6.45, 7) is 4.26. The van der Waals surface area contributed by atoms with E-state index in [-0.39, 0.29) is 10.6 Å². The van der Waals surface area contributed by atoms with Crippen LogP contribution in [0.5, 0.6) is 11.5 Å². The first-order chi connectivity index (χ1) is 11.4. The number of hydrogen-bond acceptors (Lipinski definition) is 5. The fourth-order valence-electron chi connectivity index (χ4n) is 2.46. The lowest BCUT2D eigenvalue weighted by molar-refractivity contribution is 0.168. The third kappa shape index (κ3) is 3.32. The van der Waals surface area contributed by atoms with Crippen LogP contribution >= 0.6 is 0 Å². The van der Waals surface area contributed by atoms with Gasteiger partial charge in [0.15, 0.2) is 11.5 Å². The first-order valence-corrected chi connectivity index (χ1v) is 9.06. The molecule has 1 atom stereocenters. The zero-order valence-corrected chi connectivity index (χ0v) is 14.3. The monoisotopic (exact) mass is 349 g/mol. The Bertz CT molecular complexity index is 844. The molecular formula is C17H19NO5S. The highest BCUT2D eigenvalue weighted by Crippen LogP contribution is 2.38. The Labute approximate surface area is 141 Å². The summed E-state index contributed by atoms with van der Waals surface area (Å²) in [6.07, 6.45) is -0.864. The number of anilines is 1. The van der Waals surface area contributed by atoms with Crippen LogP contribution in [0.4, 0.5) is 5.69 Å². The second-order valence-corrected chi connectivity index (χ2v) is 7.36. The van der Waals surface area contributed by atoms with Crippen LogP contribution in [0.25, 0.3) is 0 Å². The van der Waals surface area contributed by atoms with E-state index in [1.165, 1.54) is 12.1 Å². The Morgan fingerprint density at radius 2 is 1.67 bits per heavy atom. The molecule has 0 amide bonds. The zero-order chi connectivity index (χ0) is 17.3. The molecule has 0 saturated carbocycles. The van der Waals surface area contributed by atoms with Crippen LogP contribution in [-0.4, -0.2) is 26.7 Å². The third-order valence-corrected chi connectivity index (χ3v) is 5.12. The first-order valence-electron chi connectivity index (χ1n) is 7.58. The Morgan fingerprint density at radius 1 is 1.08 bits per heavy atom. The van der Waals surface area contributed by atoms with Crippen LogP contribution in [0.3, 0.4) is 0 Å². The topological polar surface area (TPSA) is 84.9 Å². The predicted molar refractivity (Wildman–Crippen MR) is 90.1 cm³/mol. The summed E-state index contributed by atoms with van der Waals surface area (Å²) in [5.74, 6) is 0.947. The van der Waals surface area contributed by atoms with Gasteiger partial charge in [-0.3, -0.25) is 4.72 Å². The van der Waals surface area contributed by atoms with Crippen LogP contribution in [-0.2, 0) is 10.0 Å². The summed E-state index contributed by atoms with van der Waals surface area (Å²) in [6, 6.07) is 9.69. The van der Waals surface area contributed by atoms with Crippen molar-refractivity contribution in [1.82, 2.24) is 0 Å². The minimum absolute atomic E-state index is 0.152. The van der Waals surface area contributed by atoms with Crippen LogP contribution < -0.4 is 14.2 Å². The van der Waals surface area contributed by atoms with Crippen molar-refractivity contribution in [3.05, 3.63) is 47.5 Å². The fourth-order valence-corrected chi connectivity index (χ4v) is 3.54. The highest BCUT2D eigenvalue weighted by Gasteiger charge is 2.22. The van der Waals surface area contributed by atoms with Crippen molar-refractivity contribution in [2.24, 2.45) is 0 Å². The van der Waals surface area contributed by atoms with Gasteiger partial charge in [-0.1, -0.05) is 17.7 Å². The zero-order valence-electron chi connectivity index (χ0n) is 13.4. The molecule has 7 heteroatoms. The molecule has 2 aromatic rings. The van der Waals surface area contributed by atoms with Crippen LogP contribution in [0.15, 0.2) is 41.3 Å². The molecular weight excluding hydrogens is 330 g/mol. The number of aliphatic hydroxyl groups is 1. The van der Waals surface area contributed by atoms with Crippen molar-refractivity contribution < 1.29 is 23.0 Å². The average molecular weight is 349 g/mol. The Kier molecular flexibility index (Phi) is 4.38. The van der Waals surface area contributed by atoms with Gasteiger partial charge < -0.3 is 14.6 Å². The predicted octanol–water partition coefficient (Wildman–Crippen LogP) is 2.62. The molecule has 1 heterocycles. The minimum atomic E-state index is -3.77. The van der Waals surface area contributed by atoms with E-state index in [1.807, 2.05) is 6.92 Å². The molecule has 1 aliphatic heterocycles. The summed E-state index contributed by atoms with van der Waals surface area (Å²) in [5, 5.41) is 9.98. The Hall–Kier alpha value is -2.25. The van der Waals surface area contributed by atoms with Crippen molar-refractivity contribution in [2.75, 3.05) is 17.9 Å². The number of nitrogens with one attached hydrogen (secondary N) is 1. The Balaban J connectivity index is 2.00. The van der Waals surface area contributed by atoms with Gasteiger partial charge in [-0.2, -0.15) is 0 Å². The standard InChI is InChI=1S/C17H19NO5S/c1-11-3-5-13(6-4-11)24(20,21)18-15-10-17-16(22-7-8-23-17)9-14(15)12(2)19/h3-6,9-10,12,18-19H,7-8H2,1-2H3. The lowest BCUT2D eigenvalue weighted by Gasteiger charge is -2.22. The quantitative estimate of drug-likeness (QED) is 0.886.